The zero-order chi connectivity index (χ0) is 14.5. The Bertz CT molecular complexity index is 442. The molecular formula is C16H22BrF2N. The van der Waals surface area contributed by atoms with E-state index in [1.165, 1.54) is 50.7 Å². The van der Waals surface area contributed by atoms with E-state index in [0.29, 0.717) is 11.5 Å². The highest BCUT2D eigenvalue weighted by atomic mass is 79.9. The molecule has 1 atom stereocenters. The molecule has 4 heteroatoms. The molecule has 1 aromatic carbocycles. The van der Waals surface area contributed by atoms with Crippen molar-refractivity contribution in [2.24, 2.45) is 5.92 Å². The van der Waals surface area contributed by atoms with Gasteiger partial charge < -0.3 is 5.32 Å². The molecular weight excluding hydrogens is 324 g/mol. The van der Waals surface area contributed by atoms with Crippen molar-refractivity contribution in [2.45, 2.75) is 51.0 Å². The summed E-state index contributed by atoms with van der Waals surface area (Å²) in [7, 11) is 1.82. The number of hydrogen-bond donors (Lipinski definition) is 1. The lowest BCUT2D eigenvalue weighted by molar-refractivity contribution is 0.361. The maximum absolute atomic E-state index is 14.1. The molecule has 1 aliphatic rings. The van der Waals surface area contributed by atoms with E-state index in [9.17, 15) is 8.78 Å². The highest BCUT2D eigenvalue weighted by Crippen LogP contribution is 2.33. The molecule has 0 heterocycles. The predicted molar refractivity (Wildman–Crippen MR) is 81.7 cm³/mol. The molecule has 20 heavy (non-hydrogen) atoms. The Hall–Kier alpha value is -0.480. The zero-order valence-corrected chi connectivity index (χ0v) is 13.5. The Morgan fingerprint density at radius 1 is 1.15 bits per heavy atom. The lowest BCUT2D eigenvalue weighted by atomic mass is 9.89. The maximum atomic E-state index is 14.1. The quantitative estimate of drug-likeness (QED) is 0.573. The summed E-state index contributed by atoms with van der Waals surface area (Å²) in [4.78, 5) is 0. The Balaban J connectivity index is 2.13. The van der Waals surface area contributed by atoms with Gasteiger partial charge >= 0.3 is 0 Å². The van der Waals surface area contributed by atoms with Gasteiger partial charge in [-0.25, -0.2) is 8.78 Å². The van der Waals surface area contributed by atoms with Crippen molar-refractivity contribution in [2.75, 3.05) is 7.05 Å². The van der Waals surface area contributed by atoms with Crippen molar-refractivity contribution in [3.05, 3.63) is 33.8 Å². The van der Waals surface area contributed by atoms with E-state index in [0.717, 1.165) is 6.42 Å². The molecule has 1 N–H and O–H groups in total. The van der Waals surface area contributed by atoms with Gasteiger partial charge in [0.2, 0.25) is 0 Å². The molecule has 1 unspecified atom stereocenters. The highest BCUT2D eigenvalue weighted by Gasteiger charge is 2.22. The molecule has 1 fully saturated rings. The van der Waals surface area contributed by atoms with E-state index in [4.69, 9.17) is 0 Å². The second-order valence-corrected chi connectivity index (χ2v) is 6.58. The summed E-state index contributed by atoms with van der Waals surface area (Å²) in [6.07, 6.45) is 8.44. The van der Waals surface area contributed by atoms with Crippen LogP contribution in [0.1, 0.15) is 56.6 Å². The van der Waals surface area contributed by atoms with E-state index in [1.54, 1.807) is 0 Å². The van der Waals surface area contributed by atoms with Crippen molar-refractivity contribution in [1.29, 1.82) is 0 Å². The molecule has 0 amide bonds. The summed E-state index contributed by atoms with van der Waals surface area (Å²) < 4.78 is 27.9. The second kappa shape index (κ2) is 7.51. The first-order chi connectivity index (χ1) is 9.61. The van der Waals surface area contributed by atoms with Crippen LogP contribution in [0.4, 0.5) is 8.78 Å². The third-order valence-electron chi connectivity index (χ3n) is 4.31. The standard InChI is InChI=1S/C16H22BrF2N/c1-20-16(8-11-6-4-2-3-5-7-11)12-9-15(19)13(17)10-14(12)18/h9-11,16,20H,2-8H2,1H3. The van der Waals surface area contributed by atoms with E-state index in [2.05, 4.69) is 21.2 Å². The fraction of sp³-hybridized carbons (Fsp3) is 0.625. The highest BCUT2D eigenvalue weighted by molar-refractivity contribution is 9.10. The van der Waals surface area contributed by atoms with Crippen molar-refractivity contribution in [1.82, 2.24) is 5.32 Å². The first kappa shape index (κ1) is 15.9. The van der Waals surface area contributed by atoms with E-state index in [1.807, 2.05) is 7.05 Å². The van der Waals surface area contributed by atoms with Crippen LogP contribution >= 0.6 is 15.9 Å². The SMILES string of the molecule is CNC(CC1CCCCCC1)c1cc(F)c(Br)cc1F. The number of rotatable bonds is 4. The Morgan fingerprint density at radius 3 is 2.40 bits per heavy atom. The zero-order valence-electron chi connectivity index (χ0n) is 11.9. The molecule has 0 aromatic heterocycles. The normalized spacial score (nSPS) is 18.8. The molecule has 2 rings (SSSR count). The lowest BCUT2D eigenvalue weighted by Crippen LogP contribution is -2.21. The minimum absolute atomic E-state index is 0.110. The van der Waals surface area contributed by atoms with Crippen molar-refractivity contribution in [3.8, 4) is 0 Å². The Morgan fingerprint density at radius 2 is 1.80 bits per heavy atom. The molecule has 0 aliphatic heterocycles. The van der Waals surface area contributed by atoms with Gasteiger partial charge in [-0.2, -0.15) is 0 Å². The molecule has 0 bridgehead atoms. The van der Waals surface area contributed by atoms with Gasteiger partial charge in [0.1, 0.15) is 11.6 Å². The third-order valence-corrected chi connectivity index (χ3v) is 4.91. The minimum Gasteiger partial charge on any atom is -0.313 e. The van der Waals surface area contributed by atoms with Crippen LogP contribution in [-0.4, -0.2) is 7.05 Å². The van der Waals surface area contributed by atoms with Crippen molar-refractivity contribution < 1.29 is 8.78 Å². The van der Waals surface area contributed by atoms with Crippen LogP contribution in [0.3, 0.4) is 0 Å². The molecule has 1 saturated carbocycles. The monoisotopic (exact) mass is 345 g/mol. The molecule has 112 valence electrons. The molecule has 0 saturated heterocycles. The second-order valence-electron chi connectivity index (χ2n) is 5.72. The third kappa shape index (κ3) is 4.01. The minimum atomic E-state index is -0.400. The van der Waals surface area contributed by atoms with Crippen LogP contribution in [0.5, 0.6) is 0 Å². The fourth-order valence-corrected chi connectivity index (χ4v) is 3.45. The van der Waals surface area contributed by atoms with Gasteiger partial charge in [0.05, 0.1) is 4.47 Å². The average molecular weight is 346 g/mol. The summed E-state index contributed by atoms with van der Waals surface area (Å²) in [5.41, 5.74) is 0.442. The van der Waals surface area contributed by atoms with Gasteiger partial charge in [0, 0.05) is 11.6 Å². The summed E-state index contributed by atoms with van der Waals surface area (Å²) in [6.45, 7) is 0. The van der Waals surface area contributed by atoms with Crippen LogP contribution in [0.15, 0.2) is 16.6 Å². The summed E-state index contributed by atoms with van der Waals surface area (Å²) in [6, 6.07) is 2.43. The van der Waals surface area contributed by atoms with E-state index < -0.39 is 5.82 Å². The smallest absolute Gasteiger partial charge is 0.137 e. The van der Waals surface area contributed by atoms with Crippen LogP contribution in [0.2, 0.25) is 0 Å². The van der Waals surface area contributed by atoms with Crippen molar-refractivity contribution in [3.63, 3.8) is 0 Å². The van der Waals surface area contributed by atoms with Crippen LogP contribution in [-0.2, 0) is 0 Å². The topological polar surface area (TPSA) is 12.0 Å². The number of nitrogens with one attached hydrogen (secondary N) is 1. The molecule has 1 nitrogen and oxygen atoms in total. The van der Waals surface area contributed by atoms with Gasteiger partial charge in [-0.05, 0) is 47.4 Å². The molecule has 0 spiro atoms. The Kier molecular flexibility index (Phi) is 5.97. The van der Waals surface area contributed by atoms with E-state index in [-0.39, 0.29) is 16.3 Å². The van der Waals surface area contributed by atoms with Gasteiger partial charge in [-0.3, -0.25) is 0 Å². The predicted octanol–water partition coefficient (Wildman–Crippen LogP) is 5.35. The van der Waals surface area contributed by atoms with Gasteiger partial charge in [-0.1, -0.05) is 38.5 Å². The van der Waals surface area contributed by atoms with Crippen LogP contribution in [0, 0.1) is 17.6 Å². The Labute approximate surface area is 128 Å². The summed E-state index contributed by atoms with van der Waals surface area (Å²) in [5.74, 6) is -0.130. The first-order valence-electron chi connectivity index (χ1n) is 7.43. The molecule has 1 aromatic rings. The average Bonchev–Trinajstić information content (AvgIpc) is 2.69. The summed E-state index contributed by atoms with van der Waals surface area (Å²) >= 11 is 3.02. The van der Waals surface area contributed by atoms with Crippen molar-refractivity contribution >= 4 is 15.9 Å². The number of hydrogen-bond acceptors (Lipinski definition) is 1. The number of benzene rings is 1. The number of halogens is 3. The lowest BCUT2D eigenvalue weighted by Gasteiger charge is -2.23. The molecule has 0 radical (unpaired) electrons. The largest absolute Gasteiger partial charge is 0.313 e. The van der Waals surface area contributed by atoms with Gasteiger partial charge in [0.25, 0.3) is 0 Å². The summed E-state index contributed by atoms with van der Waals surface area (Å²) in [5, 5.41) is 3.15. The molecule has 1 aliphatic carbocycles. The van der Waals surface area contributed by atoms with E-state index >= 15 is 0 Å². The van der Waals surface area contributed by atoms with Gasteiger partial charge in [0.15, 0.2) is 0 Å². The maximum Gasteiger partial charge on any atom is 0.137 e. The first-order valence-corrected chi connectivity index (χ1v) is 8.22. The van der Waals surface area contributed by atoms with Gasteiger partial charge in [-0.15, -0.1) is 0 Å². The van der Waals surface area contributed by atoms with Crippen LogP contribution in [0.25, 0.3) is 0 Å². The fourth-order valence-electron chi connectivity index (χ4n) is 3.14. The van der Waals surface area contributed by atoms with Crippen LogP contribution < -0.4 is 5.32 Å².